The average molecular weight is 356 g/mol. The van der Waals surface area contributed by atoms with Crippen LogP contribution in [0.5, 0.6) is 0 Å². The van der Waals surface area contributed by atoms with E-state index in [2.05, 4.69) is 20.3 Å². The van der Waals surface area contributed by atoms with Gasteiger partial charge in [0.1, 0.15) is 0 Å². The molecule has 2 heterocycles. The second-order valence-corrected chi connectivity index (χ2v) is 7.62. The van der Waals surface area contributed by atoms with E-state index in [0.29, 0.717) is 22.9 Å². The average Bonchev–Trinajstić information content (AvgIpc) is 3.33. The summed E-state index contributed by atoms with van der Waals surface area (Å²) in [5, 5.41) is 13.0. The lowest BCUT2D eigenvalue weighted by molar-refractivity contribution is 0.333. The molecule has 0 saturated heterocycles. The van der Waals surface area contributed by atoms with Crippen molar-refractivity contribution < 1.29 is 8.94 Å². The minimum atomic E-state index is -0.0513. The fraction of sp³-hybridized carbons (Fsp3) is 0.444. The van der Waals surface area contributed by atoms with Gasteiger partial charge in [0.2, 0.25) is 17.6 Å². The Kier molecular flexibility index (Phi) is 4.83. The predicted octanol–water partition coefficient (Wildman–Crippen LogP) is 5.02. The summed E-state index contributed by atoms with van der Waals surface area (Å²) in [6.45, 7) is 2.00. The van der Waals surface area contributed by atoms with E-state index in [-0.39, 0.29) is 5.25 Å². The Balaban J connectivity index is 1.43. The largest absolute Gasteiger partial charge is 0.416 e. The molecular weight excluding hydrogens is 336 g/mol. The fourth-order valence-electron chi connectivity index (χ4n) is 3.09. The molecule has 1 aliphatic carbocycles. The molecule has 4 rings (SSSR count). The smallest absolute Gasteiger partial charge is 0.277 e. The van der Waals surface area contributed by atoms with Crippen LogP contribution in [0.1, 0.15) is 62.0 Å². The van der Waals surface area contributed by atoms with Gasteiger partial charge in [0.05, 0.1) is 5.25 Å². The number of hydrogen-bond donors (Lipinski definition) is 0. The van der Waals surface area contributed by atoms with Crippen LogP contribution in [0.15, 0.2) is 44.5 Å². The van der Waals surface area contributed by atoms with E-state index in [9.17, 15) is 0 Å². The van der Waals surface area contributed by atoms with E-state index in [0.717, 1.165) is 24.3 Å². The van der Waals surface area contributed by atoms with Gasteiger partial charge in [0.15, 0.2) is 0 Å². The Hall–Kier alpha value is -2.15. The van der Waals surface area contributed by atoms with E-state index in [4.69, 9.17) is 8.94 Å². The number of benzene rings is 1. The first kappa shape index (κ1) is 16.3. The minimum absolute atomic E-state index is 0.0513. The second-order valence-electron chi connectivity index (χ2n) is 6.32. The molecule has 25 heavy (non-hydrogen) atoms. The van der Waals surface area contributed by atoms with Crippen molar-refractivity contribution in [1.82, 2.24) is 20.3 Å². The van der Waals surface area contributed by atoms with Crippen molar-refractivity contribution in [2.75, 3.05) is 0 Å². The van der Waals surface area contributed by atoms with Crippen LogP contribution in [-0.2, 0) is 0 Å². The zero-order valence-corrected chi connectivity index (χ0v) is 14.9. The van der Waals surface area contributed by atoms with Gasteiger partial charge in [-0.15, -0.1) is 10.2 Å². The van der Waals surface area contributed by atoms with Crippen molar-refractivity contribution in [3.63, 3.8) is 0 Å². The Morgan fingerprint density at radius 3 is 2.68 bits per heavy atom. The van der Waals surface area contributed by atoms with Gasteiger partial charge in [0, 0.05) is 11.5 Å². The third kappa shape index (κ3) is 3.76. The van der Waals surface area contributed by atoms with Gasteiger partial charge in [-0.05, 0) is 19.8 Å². The lowest BCUT2D eigenvalue weighted by atomic mass is 9.89. The summed E-state index contributed by atoms with van der Waals surface area (Å²) in [5.74, 6) is 2.33. The molecule has 3 aromatic rings. The van der Waals surface area contributed by atoms with Crippen molar-refractivity contribution in [3.8, 4) is 11.4 Å². The highest BCUT2D eigenvalue weighted by molar-refractivity contribution is 7.99. The highest BCUT2D eigenvalue weighted by Gasteiger charge is 2.23. The molecule has 2 aromatic heterocycles. The molecule has 0 bridgehead atoms. The molecule has 1 aromatic carbocycles. The van der Waals surface area contributed by atoms with Gasteiger partial charge in [-0.3, -0.25) is 0 Å². The maximum atomic E-state index is 5.86. The summed E-state index contributed by atoms with van der Waals surface area (Å²) in [7, 11) is 0. The van der Waals surface area contributed by atoms with Crippen LogP contribution in [-0.4, -0.2) is 20.3 Å². The van der Waals surface area contributed by atoms with Crippen molar-refractivity contribution in [2.24, 2.45) is 0 Å². The van der Waals surface area contributed by atoms with Crippen LogP contribution in [0.3, 0.4) is 0 Å². The quantitative estimate of drug-likeness (QED) is 0.594. The summed E-state index contributed by atoms with van der Waals surface area (Å²) >= 11 is 1.45. The van der Waals surface area contributed by atoms with Crippen LogP contribution in [0, 0.1) is 0 Å². The van der Waals surface area contributed by atoms with Crippen LogP contribution < -0.4 is 0 Å². The Morgan fingerprint density at radius 1 is 1.08 bits per heavy atom. The molecule has 6 nitrogen and oxygen atoms in total. The molecule has 1 atom stereocenters. The second kappa shape index (κ2) is 7.39. The first-order valence-electron chi connectivity index (χ1n) is 8.68. The molecule has 1 fully saturated rings. The third-order valence-corrected chi connectivity index (χ3v) is 5.40. The lowest BCUT2D eigenvalue weighted by Gasteiger charge is -2.17. The number of rotatable bonds is 5. The molecule has 0 aliphatic heterocycles. The lowest BCUT2D eigenvalue weighted by Crippen LogP contribution is -2.04. The first-order valence-corrected chi connectivity index (χ1v) is 9.56. The molecule has 1 saturated carbocycles. The first-order chi connectivity index (χ1) is 12.3. The zero-order chi connectivity index (χ0) is 17.1. The molecule has 0 spiro atoms. The monoisotopic (exact) mass is 356 g/mol. The van der Waals surface area contributed by atoms with Gasteiger partial charge in [-0.2, -0.15) is 4.98 Å². The van der Waals surface area contributed by atoms with Crippen molar-refractivity contribution in [2.45, 2.75) is 55.4 Å². The maximum Gasteiger partial charge on any atom is 0.277 e. The summed E-state index contributed by atoms with van der Waals surface area (Å²) in [5.41, 5.74) is 0.937. The van der Waals surface area contributed by atoms with Gasteiger partial charge < -0.3 is 8.94 Å². The van der Waals surface area contributed by atoms with Crippen LogP contribution in [0.25, 0.3) is 11.4 Å². The number of hydrogen-bond acceptors (Lipinski definition) is 7. The molecule has 0 radical (unpaired) electrons. The maximum absolute atomic E-state index is 5.86. The van der Waals surface area contributed by atoms with E-state index in [1.807, 2.05) is 37.3 Å². The summed E-state index contributed by atoms with van der Waals surface area (Å²) < 4.78 is 11.3. The molecule has 1 unspecified atom stereocenters. The standard InChI is InChI=1S/C18H20N4O2S/c1-12(16-19-15(22-24-16)13-8-4-2-5-9-13)25-18-21-20-17(23-18)14-10-6-3-7-11-14/h2,4-5,8-9,12,14H,3,6-7,10-11H2,1H3. The van der Waals surface area contributed by atoms with Gasteiger partial charge in [-0.25, -0.2) is 0 Å². The van der Waals surface area contributed by atoms with Crippen LogP contribution in [0.2, 0.25) is 0 Å². The number of thioether (sulfide) groups is 1. The SMILES string of the molecule is CC(Sc1nnc(C2CCCCC2)o1)c1nc(-c2ccccc2)no1. The Bertz CT molecular complexity index is 811. The van der Waals surface area contributed by atoms with E-state index in [1.165, 1.54) is 31.0 Å². The van der Waals surface area contributed by atoms with E-state index < -0.39 is 0 Å². The highest BCUT2D eigenvalue weighted by atomic mass is 32.2. The summed E-state index contributed by atoms with van der Waals surface area (Å²) in [4.78, 5) is 4.48. The van der Waals surface area contributed by atoms with Crippen molar-refractivity contribution >= 4 is 11.8 Å². The van der Waals surface area contributed by atoms with Crippen molar-refractivity contribution in [1.29, 1.82) is 0 Å². The van der Waals surface area contributed by atoms with Crippen molar-refractivity contribution in [3.05, 3.63) is 42.1 Å². The number of nitrogens with zero attached hydrogens (tertiary/aromatic N) is 4. The zero-order valence-electron chi connectivity index (χ0n) is 14.1. The topological polar surface area (TPSA) is 77.8 Å². The fourth-order valence-corrected chi connectivity index (χ4v) is 3.81. The molecular formula is C18H20N4O2S. The minimum Gasteiger partial charge on any atom is -0.416 e. The van der Waals surface area contributed by atoms with E-state index >= 15 is 0 Å². The molecule has 0 amide bonds. The Labute approximate surface area is 150 Å². The number of aromatic nitrogens is 4. The molecule has 130 valence electrons. The summed E-state index contributed by atoms with van der Waals surface area (Å²) in [6.07, 6.45) is 6.09. The van der Waals surface area contributed by atoms with Gasteiger partial charge in [-0.1, -0.05) is 66.5 Å². The van der Waals surface area contributed by atoms with Gasteiger partial charge in [0.25, 0.3) is 5.22 Å². The molecule has 0 N–H and O–H groups in total. The summed E-state index contributed by atoms with van der Waals surface area (Å²) in [6, 6.07) is 9.79. The molecule has 1 aliphatic rings. The Morgan fingerprint density at radius 2 is 1.88 bits per heavy atom. The normalized spacial score (nSPS) is 16.8. The van der Waals surface area contributed by atoms with Crippen LogP contribution in [0.4, 0.5) is 0 Å². The predicted molar refractivity (Wildman–Crippen MR) is 94.1 cm³/mol. The van der Waals surface area contributed by atoms with Gasteiger partial charge >= 0.3 is 0 Å². The van der Waals surface area contributed by atoms with Crippen LogP contribution >= 0.6 is 11.8 Å². The highest BCUT2D eigenvalue weighted by Crippen LogP contribution is 2.37. The molecule has 7 heteroatoms. The van der Waals surface area contributed by atoms with E-state index in [1.54, 1.807) is 0 Å². The third-order valence-electron chi connectivity index (χ3n) is 4.48.